The van der Waals surface area contributed by atoms with Crippen LogP contribution in [0.2, 0.25) is 0 Å². The Hall–Kier alpha value is -1.06. The van der Waals surface area contributed by atoms with Crippen LogP contribution in [0.25, 0.3) is 0 Å². The Labute approximate surface area is 71.2 Å². The molecular weight excluding hydrogens is 154 g/mol. The van der Waals surface area contributed by atoms with Crippen molar-refractivity contribution in [1.82, 2.24) is 5.32 Å². The van der Waals surface area contributed by atoms with Crippen LogP contribution in [0.3, 0.4) is 0 Å². The number of amidine groups is 1. The van der Waals surface area contributed by atoms with E-state index in [2.05, 4.69) is 10.3 Å². The average Bonchev–Trinajstić information content (AvgIpc) is 2.35. The highest BCUT2D eigenvalue weighted by Gasteiger charge is 2.48. The van der Waals surface area contributed by atoms with E-state index < -0.39 is 5.41 Å². The van der Waals surface area contributed by atoms with Crippen LogP contribution in [0.1, 0.15) is 19.3 Å². The van der Waals surface area contributed by atoms with Crippen LogP contribution < -0.4 is 11.1 Å². The van der Waals surface area contributed by atoms with E-state index in [0.29, 0.717) is 0 Å². The molecule has 1 amide bonds. The molecule has 0 aromatic heterocycles. The lowest BCUT2D eigenvalue weighted by Gasteiger charge is -2.38. The summed E-state index contributed by atoms with van der Waals surface area (Å²) < 4.78 is 0. The van der Waals surface area contributed by atoms with E-state index in [0.717, 1.165) is 38.2 Å². The lowest BCUT2D eigenvalue weighted by molar-refractivity contribution is -0.127. The van der Waals surface area contributed by atoms with Crippen molar-refractivity contribution in [1.29, 1.82) is 0 Å². The number of aliphatic imine (C=N–C) groups is 1. The molecule has 12 heavy (non-hydrogen) atoms. The Kier molecular flexibility index (Phi) is 1.56. The number of rotatable bonds is 2. The average molecular weight is 167 g/mol. The van der Waals surface area contributed by atoms with E-state index in [4.69, 9.17) is 5.73 Å². The fourth-order valence-electron chi connectivity index (χ4n) is 1.85. The van der Waals surface area contributed by atoms with Crippen LogP contribution in [0.15, 0.2) is 4.99 Å². The smallest absolute Gasteiger partial charge is 0.231 e. The number of carbonyl (C=O) groups excluding carboxylic acids is 1. The maximum atomic E-state index is 11.2. The molecule has 0 radical (unpaired) electrons. The van der Waals surface area contributed by atoms with Crippen molar-refractivity contribution < 1.29 is 4.79 Å². The summed E-state index contributed by atoms with van der Waals surface area (Å²) >= 11 is 0. The molecule has 3 N–H and O–H groups in total. The Balaban J connectivity index is 2.22. The summed E-state index contributed by atoms with van der Waals surface area (Å²) in [5.41, 5.74) is 4.93. The molecule has 4 nitrogen and oxygen atoms in total. The zero-order valence-electron chi connectivity index (χ0n) is 6.97. The zero-order chi connectivity index (χ0) is 8.60. The van der Waals surface area contributed by atoms with Gasteiger partial charge in [0.2, 0.25) is 5.91 Å². The van der Waals surface area contributed by atoms with E-state index >= 15 is 0 Å². The quantitative estimate of drug-likeness (QED) is 0.590. The van der Waals surface area contributed by atoms with Crippen molar-refractivity contribution in [3.63, 3.8) is 0 Å². The van der Waals surface area contributed by atoms with Gasteiger partial charge in [-0.15, -0.1) is 0 Å². The molecule has 1 heterocycles. The molecule has 1 aliphatic heterocycles. The van der Waals surface area contributed by atoms with Gasteiger partial charge in [0.05, 0.1) is 6.54 Å². The maximum Gasteiger partial charge on any atom is 0.231 e. The van der Waals surface area contributed by atoms with Gasteiger partial charge in [0.25, 0.3) is 0 Å². The maximum absolute atomic E-state index is 11.2. The van der Waals surface area contributed by atoms with Crippen molar-refractivity contribution in [2.24, 2.45) is 16.1 Å². The second kappa shape index (κ2) is 2.47. The fraction of sp³-hybridized carbons (Fsp3) is 0.750. The molecule has 2 aliphatic rings. The Morgan fingerprint density at radius 1 is 1.58 bits per heavy atom. The summed E-state index contributed by atoms with van der Waals surface area (Å²) in [6.45, 7) is 1.63. The number of amides is 1. The van der Waals surface area contributed by atoms with Gasteiger partial charge in [-0.2, -0.15) is 0 Å². The van der Waals surface area contributed by atoms with Crippen molar-refractivity contribution in [3.8, 4) is 0 Å². The van der Waals surface area contributed by atoms with Gasteiger partial charge in [-0.25, -0.2) is 0 Å². The van der Waals surface area contributed by atoms with Gasteiger partial charge in [-0.1, -0.05) is 6.42 Å². The molecule has 0 aromatic carbocycles. The summed E-state index contributed by atoms with van der Waals surface area (Å²) in [7, 11) is 0. The van der Waals surface area contributed by atoms with Crippen LogP contribution in [0.4, 0.5) is 0 Å². The predicted octanol–water partition coefficient (Wildman–Crippen LogP) is -0.356. The Bertz CT molecular complexity index is 243. The largest absolute Gasteiger partial charge is 0.371 e. The first-order valence-corrected chi connectivity index (χ1v) is 4.34. The molecule has 66 valence electrons. The molecule has 1 saturated carbocycles. The number of carbonyl (C=O) groups is 1. The number of nitrogens with one attached hydrogen (secondary N) is 1. The van der Waals surface area contributed by atoms with E-state index in [1.807, 2.05) is 0 Å². The zero-order valence-corrected chi connectivity index (χ0v) is 6.97. The molecule has 0 atom stereocenters. The molecule has 0 spiro atoms. The van der Waals surface area contributed by atoms with Crippen LogP contribution in [0.5, 0.6) is 0 Å². The first-order valence-electron chi connectivity index (χ1n) is 4.34. The minimum atomic E-state index is -0.420. The lowest BCUT2D eigenvalue weighted by Crippen LogP contribution is -2.52. The van der Waals surface area contributed by atoms with Crippen LogP contribution in [-0.4, -0.2) is 24.8 Å². The first kappa shape index (κ1) is 7.58. The van der Waals surface area contributed by atoms with Crippen molar-refractivity contribution >= 4 is 11.7 Å². The first-order chi connectivity index (χ1) is 5.76. The third-order valence-corrected chi connectivity index (χ3v) is 2.81. The summed E-state index contributed by atoms with van der Waals surface area (Å²) in [4.78, 5) is 15.4. The minimum Gasteiger partial charge on any atom is -0.371 e. The molecule has 4 heteroatoms. The minimum absolute atomic E-state index is 0.220. The number of nitrogens with two attached hydrogens (primary N) is 1. The van der Waals surface area contributed by atoms with Crippen molar-refractivity contribution in [2.75, 3.05) is 13.1 Å². The highest BCUT2D eigenvalue weighted by Crippen LogP contribution is 2.41. The summed E-state index contributed by atoms with van der Waals surface area (Å²) in [6, 6.07) is 0. The van der Waals surface area contributed by atoms with Crippen LogP contribution in [-0.2, 0) is 4.79 Å². The molecule has 0 aromatic rings. The fourth-order valence-corrected chi connectivity index (χ4v) is 1.85. The predicted molar refractivity (Wildman–Crippen MR) is 45.8 cm³/mol. The Morgan fingerprint density at radius 3 is 2.67 bits per heavy atom. The highest BCUT2D eigenvalue weighted by atomic mass is 16.1. The van der Waals surface area contributed by atoms with Gasteiger partial charge in [0.15, 0.2) is 0 Å². The Morgan fingerprint density at radius 2 is 2.33 bits per heavy atom. The summed E-state index contributed by atoms with van der Waals surface area (Å²) in [5.74, 6) is 0.614. The molecule has 1 fully saturated rings. The molecule has 0 bridgehead atoms. The van der Waals surface area contributed by atoms with Gasteiger partial charge >= 0.3 is 0 Å². The normalized spacial score (nSPS) is 25.5. The molecule has 0 unspecified atom stereocenters. The van der Waals surface area contributed by atoms with Crippen LogP contribution >= 0.6 is 0 Å². The van der Waals surface area contributed by atoms with Gasteiger partial charge in [0, 0.05) is 6.54 Å². The highest BCUT2D eigenvalue weighted by molar-refractivity contribution is 6.08. The number of nitrogens with zero attached hydrogens (tertiary/aromatic N) is 1. The van der Waals surface area contributed by atoms with E-state index in [1.54, 1.807) is 0 Å². The lowest BCUT2D eigenvalue weighted by atomic mass is 9.67. The SMILES string of the molecule is NC(=O)C1(C2=NCCN2)CCC1. The van der Waals surface area contributed by atoms with E-state index in [9.17, 15) is 4.79 Å². The number of hydrogen-bond acceptors (Lipinski definition) is 3. The third kappa shape index (κ3) is 0.838. The van der Waals surface area contributed by atoms with Gasteiger partial charge in [-0.3, -0.25) is 9.79 Å². The third-order valence-electron chi connectivity index (χ3n) is 2.81. The molecule has 1 aliphatic carbocycles. The number of hydrogen-bond donors (Lipinski definition) is 2. The molecule has 0 saturated heterocycles. The topological polar surface area (TPSA) is 67.5 Å². The van der Waals surface area contributed by atoms with Crippen molar-refractivity contribution in [3.05, 3.63) is 0 Å². The van der Waals surface area contributed by atoms with Gasteiger partial charge in [-0.05, 0) is 12.8 Å². The summed E-state index contributed by atoms with van der Waals surface area (Å²) in [6.07, 6.45) is 2.83. The van der Waals surface area contributed by atoms with E-state index in [1.165, 1.54) is 0 Å². The monoisotopic (exact) mass is 167 g/mol. The molecular formula is C8H13N3O. The second-order valence-corrected chi connectivity index (χ2v) is 3.46. The van der Waals surface area contributed by atoms with Gasteiger partial charge in [0.1, 0.15) is 11.3 Å². The van der Waals surface area contributed by atoms with Crippen molar-refractivity contribution in [2.45, 2.75) is 19.3 Å². The molecule has 2 rings (SSSR count). The van der Waals surface area contributed by atoms with Crippen LogP contribution in [0, 0.1) is 5.41 Å². The summed E-state index contributed by atoms with van der Waals surface area (Å²) in [5, 5.41) is 3.13. The van der Waals surface area contributed by atoms with E-state index in [-0.39, 0.29) is 5.91 Å². The number of primary amides is 1. The standard InChI is InChI=1S/C8H13N3O/c9-6(12)8(2-1-3-8)7-10-4-5-11-7/h1-5H2,(H2,9,12)(H,10,11). The van der Waals surface area contributed by atoms with Gasteiger partial charge < -0.3 is 11.1 Å². The second-order valence-electron chi connectivity index (χ2n) is 3.46.